The number of hydrogen-bond donors (Lipinski definition) is 1. The van der Waals surface area contributed by atoms with Crippen LogP contribution < -0.4 is 5.32 Å². The molecule has 13 heavy (non-hydrogen) atoms. The van der Waals surface area contributed by atoms with Crippen molar-refractivity contribution in [3.63, 3.8) is 0 Å². The van der Waals surface area contributed by atoms with Gasteiger partial charge in [-0.15, -0.1) is 0 Å². The Labute approximate surface area is 85.4 Å². The molecule has 0 radical (unpaired) electrons. The maximum atomic E-state index is 5.26. The van der Waals surface area contributed by atoms with E-state index >= 15 is 0 Å². The summed E-state index contributed by atoms with van der Waals surface area (Å²) in [6, 6.07) is 0. The minimum atomic E-state index is -0.0341. The molecule has 74 valence electrons. The molecule has 1 N–H and O–H groups in total. The average molecular weight is 199 g/mol. The first-order valence-corrected chi connectivity index (χ1v) is 4.73. The topological polar surface area (TPSA) is 18.5 Å². The van der Waals surface area contributed by atoms with Gasteiger partial charge < -0.3 is 5.32 Å². The van der Waals surface area contributed by atoms with E-state index in [1.165, 1.54) is 5.70 Å². The second-order valence-corrected chi connectivity index (χ2v) is 4.48. The summed E-state index contributed by atoms with van der Waals surface area (Å²) >= 11 is 5.26. The number of hydrazine groups is 1. The van der Waals surface area contributed by atoms with E-state index in [1.54, 1.807) is 0 Å². The van der Waals surface area contributed by atoms with E-state index in [1.807, 2.05) is 24.1 Å². The van der Waals surface area contributed by atoms with E-state index in [9.17, 15) is 0 Å². The number of thiocarbonyl (C=S) groups is 1. The highest BCUT2D eigenvalue weighted by Crippen LogP contribution is 2.18. The van der Waals surface area contributed by atoms with Gasteiger partial charge in [0.15, 0.2) is 5.11 Å². The predicted octanol–water partition coefficient (Wildman–Crippen LogP) is 1.34. The lowest BCUT2D eigenvalue weighted by atomic mass is 10.0. The van der Waals surface area contributed by atoms with Crippen LogP contribution in [-0.4, -0.2) is 34.8 Å². The Kier molecular flexibility index (Phi) is 2.63. The minimum absolute atomic E-state index is 0.0341. The van der Waals surface area contributed by atoms with E-state index in [-0.39, 0.29) is 5.54 Å². The molecule has 0 aromatic carbocycles. The molecule has 1 aliphatic heterocycles. The lowest BCUT2D eigenvalue weighted by Crippen LogP contribution is -2.56. The van der Waals surface area contributed by atoms with Crippen LogP contribution in [0.2, 0.25) is 0 Å². The van der Waals surface area contributed by atoms with Crippen LogP contribution in [0.15, 0.2) is 11.8 Å². The number of nitrogens with zero attached hydrogens (tertiary/aromatic N) is 2. The zero-order valence-corrected chi connectivity index (χ0v) is 9.70. The average Bonchev–Trinajstić information content (AvgIpc) is 1.78. The molecule has 0 spiro atoms. The Bertz CT molecular complexity index is 256. The van der Waals surface area contributed by atoms with Crippen LogP contribution in [0.25, 0.3) is 0 Å². The SMILES string of the molecule is CC1=CC(C)(C)NC(=S)N1N(C)C. The van der Waals surface area contributed by atoms with Crippen LogP contribution in [-0.2, 0) is 0 Å². The van der Waals surface area contributed by atoms with Gasteiger partial charge >= 0.3 is 0 Å². The zero-order valence-electron chi connectivity index (χ0n) is 8.88. The smallest absolute Gasteiger partial charge is 0.188 e. The summed E-state index contributed by atoms with van der Waals surface area (Å²) in [5.74, 6) is 0. The molecule has 0 aromatic heterocycles. The maximum absolute atomic E-state index is 5.26. The molecule has 0 aliphatic carbocycles. The Morgan fingerprint density at radius 2 is 2.00 bits per heavy atom. The second-order valence-electron chi connectivity index (χ2n) is 4.10. The fourth-order valence-corrected chi connectivity index (χ4v) is 2.18. The molecule has 0 aromatic rings. The fourth-order valence-electron chi connectivity index (χ4n) is 1.61. The molecule has 4 heteroatoms. The van der Waals surface area contributed by atoms with E-state index in [2.05, 4.69) is 32.2 Å². The molecule has 1 heterocycles. The first-order valence-electron chi connectivity index (χ1n) is 4.32. The molecule has 1 rings (SSSR count). The normalized spacial score (nSPS) is 21.5. The summed E-state index contributed by atoms with van der Waals surface area (Å²) in [6.45, 7) is 6.28. The van der Waals surface area contributed by atoms with Gasteiger partial charge in [-0.1, -0.05) is 0 Å². The van der Waals surface area contributed by atoms with Crippen LogP contribution in [0.5, 0.6) is 0 Å². The van der Waals surface area contributed by atoms with Crippen LogP contribution in [0.3, 0.4) is 0 Å². The molecular formula is C9H17N3S. The molecule has 1 aliphatic rings. The summed E-state index contributed by atoms with van der Waals surface area (Å²) in [5, 5.41) is 7.96. The summed E-state index contributed by atoms with van der Waals surface area (Å²) in [6.07, 6.45) is 2.17. The number of rotatable bonds is 1. The summed E-state index contributed by atoms with van der Waals surface area (Å²) < 4.78 is 0. The minimum Gasteiger partial charge on any atom is -0.353 e. The number of allylic oxidation sites excluding steroid dienone is 1. The number of nitrogens with one attached hydrogen (secondary N) is 1. The standard InChI is InChI=1S/C9H17N3S/c1-7-6-9(2,3)10-8(13)12(7)11(4)5/h6H,1-5H3,(H,10,13). The van der Waals surface area contributed by atoms with Crippen LogP contribution in [0, 0.1) is 0 Å². The van der Waals surface area contributed by atoms with Crippen LogP contribution >= 0.6 is 12.2 Å². The summed E-state index contributed by atoms with van der Waals surface area (Å²) in [5.41, 5.74) is 1.13. The summed E-state index contributed by atoms with van der Waals surface area (Å²) in [7, 11) is 3.95. The Morgan fingerprint density at radius 1 is 1.46 bits per heavy atom. The molecule has 0 amide bonds. The third-order valence-corrected chi connectivity index (χ3v) is 2.20. The predicted molar refractivity (Wildman–Crippen MR) is 59.1 cm³/mol. The van der Waals surface area contributed by atoms with Gasteiger partial charge in [-0.05, 0) is 39.1 Å². The van der Waals surface area contributed by atoms with Gasteiger partial charge in [-0.3, -0.25) is 5.01 Å². The third-order valence-electron chi connectivity index (χ3n) is 1.93. The van der Waals surface area contributed by atoms with Gasteiger partial charge in [0.05, 0.1) is 5.54 Å². The van der Waals surface area contributed by atoms with Gasteiger partial charge in [0, 0.05) is 19.8 Å². The van der Waals surface area contributed by atoms with Gasteiger partial charge in [0.1, 0.15) is 0 Å². The molecule has 0 atom stereocenters. The van der Waals surface area contributed by atoms with Gasteiger partial charge in [0.2, 0.25) is 0 Å². The van der Waals surface area contributed by atoms with Crippen molar-refractivity contribution >= 4 is 17.3 Å². The maximum Gasteiger partial charge on any atom is 0.188 e. The lowest BCUT2D eigenvalue weighted by molar-refractivity contribution is 0.141. The lowest BCUT2D eigenvalue weighted by Gasteiger charge is -2.40. The number of hydrogen-bond acceptors (Lipinski definition) is 2. The fraction of sp³-hybridized carbons (Fsp3) is 0.667. The first-order chi connectivity index (χ1) is 5.83. The van der Waals surface area contributed by atoms with Crippen molar-refractivity contribution in [2.45, 2.75) is 26.3 Å². The highest BCUT2D eigenvalue weighted by molar-refractivity contribution is 7.80. The third kappa shape index (κ3) is 2.19. The Morgan fingerprint density at radius 3 is 2.38 bits per heavy atom. The second kappa shape index (κ2) is 3.27. The van der Waals surface area contributed by atoms with Crippen molar-refractivity contribution in [3.05, 3.63) is 11.8 Å². The van der Waals surface area contributed by atoms with Crippen molar-refractivity contribution in [2.24, 2.45) is 0 Å². The largest absolute Gasteiger partial charge is 0.353 e. The van der Waals surface area contributed by atoms with E-state index in [0.717, 1.165) is 5.11 Å². The van der Waals surface area contributed by atoms with Gasteiger partial charge in [-0.25, -0.2) is 5.01 Å². The van der Waals surface area contributed by atoms with E-state index < -0.39 is 0 Å². The first kappa shape index (κ1) is 10.5. The van der Waals surface area contributed by atoms with E-state index in [4.69, 9.17) is 12.2 Å². The Hall–Kier alpha value is -0.610. The quantitative estimate of drug-likeness (QED) is 0.642. The van der Waals surface area contributed by atoms with Crippen molar-refractivity contribution in [1.82, 2.24) is 15.3 Å². The zero-order chi connectivity index (χ0) is 10.2. The molecule has 0 fully saturated rings. The van der Waals surface area contributed by atoms with Gasteiger partial charge in [-0.2, -0.15) is 0 Å². The van der Waals surface area contributed by atoms with Crippen molar-refractivity contribution in [2.75, 3.05) is 14.1 Å². The highest BCUT2D eigenvalue weighted by atomic mass is 32.1. The summed E-state index contributed by atoms with van der Waals surface area (Å²) in [4.78, 5) is 0. The molecule has 0 saturated carbocycles. The van der Waals surface area contributed by atoms with Gasteiger partial charge in [0.25, 0.3) is 0 Å². The van der Waals surface area contributed by atoms with Crippen LogP contribution in [0.4, 0.5) is 0 Å². The van der Waals surface area contributed by atoms with Crippen molar-refractivity contribution in [3.8, 4) is 0 Å². The molecule has 3 nitrogen and oxygen atoms in total. The van der Waals surface area contributed by atoms with Crippen molar-refractivity contribution < 1.29 is 0 Å². The highest BCUT2D eigenvalue weighted by Gasteiger charge is 2.27. The monoisotopic (exact) mass is 199 g/mol. The molecule has 0 saturated heterocycles. The Balaban J connectivity index is 2.97. The van der Waals surface area contributed by atoms with Crippen LogP contribution in [0.1, 0.15) is 20.8 Å². The van der Waals surface area contributed by atoms with Crippen molar-refractivity contribution in [1.29, 1.82) is 0 Å². The molecule has 0 bridgehead atoms. The molecular weight excluding hydrogens is 182 g/mol. The van der Waals surface area contributed by atoms with E-state index in [0.29, 0.717) is 0 Å². The molecule has 0 unspecified atom stereocenters.